The number of ether oxygens (including phenoxy) is 2. The molecule has 0 saturated heterocycles. The Morgan fingerprint density at radius 1 is 0.340 bits per heavy atom. The number of phosphoric ester groups is 1. The Morgan fingerprint density at radius 2 is 0.606 bits per heavy atom. The van der Waals surface area contributed by atoms with E-state index in [4.69, 9.17) is 18.5 Å². The molecule has 0 aromatic carbocycles. The van der Waals surface area contributed by atoms with Crippen molar-refractivity contribution in [2.24, 2.45) is 0 Å². The molecular formula is C84H145NO8P+. The van der Waals surface area contributed by atoms with Gasteiger partial charge in [-0.3, -0.25) is 18.6 Å². The second-order valence-electron chi connectivity index (χ2n) is 26.7. The Kier molecular flexibility index (Phi) is 69.9. The molecule has 0 bridgehead atoms. The van der Waals surface area contributed by atoms with Crippen molar-refractivity contribution in [3.63, 3.8) is 0 Å². The highest BCUT2D eigenvalue weighted by molar-refractivity contribution is 7.47. The molecule has 94 heavy (non-hydrogen) atoms. The number of allylic oxidation sites excluding steroid dienone is 24. The summed E-state index contributed by atoms with van der Waals surface area (Å²) >= 11 is 0. The van der Waals surface area contributed by atoms with Crippen molar-refractivity contribution in [2.75, 3.05) is 47.5 Å². The second kappa shape index (κ2) is 73.1. The van der Waals surface area contributed by atoms with Gasteiger partial charge in [0.1, 0.15) is 19.8 Å². The van der Waals surface area contributed by atoms with Crippen LogP contribution >= 0.6 is 7.82 Å². The first-order chi connectivity index (χ1) is 46.0. The number of carbonyl (C=O) groups excluding carboxylic acids is 2. The van der Waals surface area contributed by atoms with Gasteiger partial charge in [-0.25, -0.2) is 4.57 Å². The first-order valence-corrected chi connectivity index (χ1v) is 40.1. The minimum Gasteiger partial charge on any atom is -0.462 e. The lowest BCUT2D eigenvalue weighted by Gasteiger charge is -2.24. The standard InChI is InChI=1S/C84H144NO8P/c1-6-8-10-12-14-16-18-20-22-24-26-28-30-32-34-36-38-40-41-42-43-45-47-49-51-53-55-57-59-61-63-65-67-69-71-73-75-77-84(87)93-82(81-92-94(88,89)91-79-78-85(3,4)5)80-90-83(86)76-74-72-70-68-66-64-62-60-58-56-54-52-50-48-46-44-39-37-35-33-31-29-27-25-23-21-19-17-15-13-11-9-7-2/h8,10,14,16,20,22,25-28,32,34,38,40,42-43,47,49,53,55,59,61,65,67,82H,6-7,9,11-13,15,17-19,21,23-24,29-31,33,35-37,39,41,44-46,48,50-52,54,56-58,60,62-64,66,68-81H2,1-5H3/p+1/b10-8-,16-14-,22-20-,27-25-,28-26-,34-32-,40-38-,43-42-,49-47-,55-53-,61-59-,67-65-. The van der Waals surface area contributed by atoms with Crippen molar-refractivity contribution in [2.45, 2.75) is 328 Å². The predicted molar refractivity (Wildman–Crippen MR) is 408 cm³/mol. The van der Waals surface area contributed by atoms with Crippen LogP contribution in [-0.4, -0.2) is 74.9 Å². The average molecular weight is 1330 g/mol. The second-order valence-corrected chi connectivity index (χ2v) is 28.1. The van der Waals surface area contributed by atoms with E-state index in [1.807, 2.05) is 21.1 Å². The first kappa shape index (κ1) is 89.9. The van der Waals surface area contributed by atoms with Gasteiger partial charge in [-0.05, 0) is 122 Å². The van der Waals surface area contributed by atoms with Gasteiger partial charge in [0.05, 0.1) is 27.7 Å². The lowest BCUT2D eigenvalue weighted by atomic mass is 10.0. The van der Waals surface area contributed by atoms with E-state index in [0.29, 0.717) is 17.4 Å². The zero-order valence-corrected chi connectivity index (χ0v) is 62.3. The van der Waals surface area contributed by atoms with Crippen LogP contribution in [0.4, 0.5) is 0 Å². The Bertz CT molecular complexity index is 2100. The third-order valence-electron chi connectivity index (χ3n) is 16.4. The van der Waals surface area contributed by atoms with E-state index in [1.54, 1.807) is 0 Å². The van der Waals surface area contributed by atoms with Gasteiger partial charge in [0.2, 0.25) is 0 Å². The fourth-order valence-corrected chi connectivity index (χ4v) is 11.2. The molecule has 0 aliphatic heterocycles. The van der Waals surface area contributed by atoms with Gasteiger partial charge in [-0.2, -0.15) is 0 Å². The van der Waals surface area contributed by atoms with Crippen LogP contribution in [0.2, 0.25) is 0 Å². The number of hydrogen-bond donors (Lipinski definition) is 1. The molecule has 9 nitrogen and oxygen atoms in total. The number of likely N-dealkylation sites (N-methyl/N-ethyl adjacent to an activating group) is 1. The highest BCUT2D eigenvalue weighted by atomic mass is 31.2. The third kappa shape index (κ3) is 76.9. The van der Waals surface area contributed by atoms with Crippen LogP contribution in [0.1, 0.15) is 322 Å². The fourth-order valence-electron chi connectivity index (χ4n) is 10.5. The summed E-state index contributed by atoms with van der Waals surface area (Å²) in [6, 6.07) is 0. The van der Waals surface area contributed by atoms with Crippen LogP contribution in [0.3, 0.4) is 0 Å². The van der Waals surface area contributed by atoms with Crippen LogP contribution in [0.15, 0.2) is 146 Å². The molecular weight excluding hydrogens is 1180 g/mol. The van der Waals surface area contributed by atoms with Gasteiger partial charge < -0.3 is 18.9 Å². The van der Waals surface area contributed by atoms with Crippen molar-refractivity contribution in [3.05, 3.63) is 146 Å². The van der Waals surface area contributed by atoms with Crippen molar-refractivity contribution in [1.29, 1.82) is 0 Å². The van der Waals surface area contributed by atoms with E-state index in [1.165, 1.54) is 180 Å². The fraction of sp³-hybridized carbons (Fsp3) is 0.690. The maximum Gasteiger partial charge on any atom is 0.472 e. The van der Waals surface area contributed by atoms with Gasteiger partial charge in [0.25, 0.3) is 0 Å². The maximum atomic E-state index is 12.9. The Hall–Kier alpha value is -4.11. The van der Waals surface area contributed by atoms with Crippen LogP contribution in [0, 0.1) is 0 Å². The average Bonchev–Trinajstić information content (AvgIpc) is 1.56. The summed E-state index contributed by atoms with van der Waals surface area (Å²) in [4.78, 5) is 35.9. The number of hydrogen-bond acceptors (Lipinski definition) is 7. The molecule has 0 saturated carbocycles. The molecule has 10 heteroatoms. The van der Waals surface area contributed by atoms with Crippen molar-refractivity contribution in [1.82, 2.24) is 0 Å². The molecule has 2 atom stereocenters. The van der Waals surface area contributed by atoms with Crippen molar-refractivity contribution >= 4 is 19.8 Å². The number of carbonyl (C=O) groups is 2. The molecule has 0 radical (unpaired) electrons. The molecule has 0 aliphatic rings. The van der Waals surface area contributed by atoms with Crippen LogP contribution in [-0.2, 0) is 32.7 Å². The quantitative estimate of drug-likeness (QED) is 0.0211. The van der Waals surface area contributed by atoms with E-state index in [9.17, 15) is 19.0 Å². The number of esters is 2. The van der Waals surface area contributed by atoms with E-state index in [0.717, 1.165) is 109 Å². The van der Waals surface area contributed by atoms with E-state index in [-0.39, 0.29) is 32.0 Å². The zero-order chi connectivity index (χ0) is 68.3. The number of unbranched alkanes of at least 4 members (excludes halogenated alkanes) is 32. The van der Waals surface area contributed by atoms with Crippen LogP contribution in [0.25, 0.3) is 0 Å². The molecule has 2 unspecified atom stereocenters. The molecule has 0 aromatic rings. The predicted octanol–water partition coefficient (Wildman–Crippen LogP) is 25.7. The minimum atomic E-state index is -4.41. The van der Waals surface area contributed by atoms with Gasteiger partial charge in [0.15, 0.2) is 6.10 Å². The molecule has 0 fully saturated rings. The summed E-state index contributed by atoms with van der Waals surface area (Å²) in [5.74, 6) is -0.834. The van der Waals surface area contributed by atoms with Gasteiger partial charge in [0, 0.05) is 12.8 Å². The molecule has 1 N–H and O–H groups in total. The lowest BCUT2D eigenvalue weighted by Crippen LogP contribution is -2.37. The normalized spacial score (nSPS) is 13.9. The molecule has 0 rings (SSSR count). The molecule has 0 heterocycles. The SMILES string of the molecule is CC/C=C\C/C=C\C/C=C\C/C=C\C/C=C\C/C=C\C/C=C\C/C=C\C/C=C\C/C=C\C/C=C\CCCCCC(=O)OC(COC(=O)CCCCCCCCCCCCCCCCCCCCCCC/C=C\CCCCCCCCCC)COP(=O)(O)OCC[N+](C)(C)C. The first-order valence-electron chi connectivity index (χ1n) is 38.6. The monoisotopic (exact) mass is 1330 g/mol. The van der Waals surface area contributed by atoms with Gasteiger partial charge >= 0.3 is 19.8 Å². The number of nitrogens with zero attached hydrogens (tertiary/aromatic N) is 1. The molecule has 0 aliphatic carbocycles. The Morgan fingerprint density at radius 3 is 0.926 bits per heavy atom. The van der Waals surface area contributed by atoms with Crippen molar-refractivity contribution < 1.29 is 42.1 Å². The molecule has 0 aromatic heterocycles. The molecule has 0 amide bonds. The van der Waals surface area contributed by atoms with E-state index in [2.05, 4.69) is 160 Å². The summed E-state index contributed by atoms with van der Waals surface area (Å²) in [6.45, 7) is 4.30. The number of phosphoric acid groups is 1. The molecule has 538 valence electrons. The largest absolute Gasteiger partial charge is 0.472 e. The zero-order valence-electron chi connectivity index (χ0n) is 61.4. The number of rotatable bonds is 70. The van der Waals surface area contributed by atoms with Gasteiger partial charge in [-0.1, -0.05) is 333 Å². The van der Waals surface area contributed by atoms with Gasteiger partial charge in [-0.15, -0.1) is 0 Å². The van der Waals surface area contributed by atoms with E-state index < -0.39 is 26.5 Å². The Labute approximate surface area is 580 Å². The summed E-state index contributed by atoms with van der Waals surface area (Å²) in [5.41, 5.74) is 0. The highest BCUT2D eigenvalue weighted by Gasteiger charge is 2.27. The molecule has 0 spiro atoms. The lowest BCUT2D eigenvalue weighted by molar-refractivity contribution is -0.870. The third-order valence-corrected chi connectivity index (χ3v) is 17.3. The van der Waals surface area contributed by atoms with Crippen LogP contribution in [0.5, 0.6) is 0 Å². The summed E-state index contributed by atoms with van der Waals surface area (Å²) in [6.07, 6.45) is 108. The van der Waals surface area contributed by atoms with Crippen molar-refractivity contribution in [3.8, 4) is 0 Å². The van der Waals surface area contributed by atoms with Crippen LogP contribution < -0.4 is 0 Å². The Balaban J connectivity index is 4.11. The number of quaternary nitrogens is 1. The summed E-state index contributed by atoms with van der Waals surface area (Å²) < 4.78 is 34.7. The highest BCUT2D eigenvalue weighted by Crippen LogP contribution is 2.43. The smallest absolute Gasteiger partial charge is 0.462 e. The topological polar surface area (TPSA) is 108 Å². The van der Waals surface area contributed by atoms with E-state index >= 15 is 0 Å². The minimum absolute atomic E-state index is 0.0187. The summed E-state index contributed by atoms with van der Waals surface area (Å²) in [5, 5.41) is 0. The summed E-state index contributed by atoms with van der Waals surface area (Å²) in [7, 11) is 1.45. The maximum absolute atomic E-state index is 12.9.